The van der Waals surface area contributed by atoms with Crippen molar-refractivity contribution in [2.75, 3.05) is 25.0 Å². The van der Waals surface area contributed by atoms with E-state index in [1.165, 1.54) is 16.2 Å². The number of benzene rings is 1. The van der Waals surface area contributed by atoms with Gasteiger partial charge in [0.2, 0.25) is 0 Å². The third-order valence-corrected chi connectivity index (χ3v) is 5.71. The zero-order chi connectivity index (χ0) is 18.6. The number of likely N-dealkylation sites (N-methyl/N-ethyl adjacent to an activating group) is 1. The van der Waals surface area contributed by atoms with E-state index in [2.05, 4.69) is 19.2 Å². The molecular formula is C20H27N2O2S+. The largest absolute Gasteiger partial charge is 0.328 e. The molecule has 0 unspecified atom stereocenters. The van der Waals surface area contributed by atoms with Gasteiger partial charge in [0.05, 0.1) is 18.7 Å². The lowest BCUT2D eigenvalue weighted by Gasteiger charge is -2.14. The zero-order valence-corrected chi connectivity index (χ0v) is 16.5. The lowest BCUT2D eigenvalue weighted by atomic mass is 10.0. The monoisotopic (exact) mass is 359 g/mol. The number of nitrogens with one attached hydrogen (secondary N) is 2. The zero-order valence-electron chi connectivity index (χ0n) is 15.7. The van der Waals surface area contributed by atoms with E-state index in [0.29, 0.717) is 22.7 Å². The van der Waals surface area contributed by atoms with Crippen LogP contribution in [-0.4, -0.2) is 31.3 Å². The molecule has 1 aromatic heterocycles. The fraction of sp³-hybridized carbons (Fsp3) is 0.400. The number of anilines is 1. The Morgan fingerprint density at radius 3 is 2.20 bits per heavy atom. The van der Waals surface area contributed by atoms with Crippen LogP contribution in [0.4, 0.5) is 5.00 Å². The molecule has 4 nitrogen and oxygen atoms in total. The Kier molecular flexibility index (Phi) is 6.51. The Balaban J connectivity index is 2.28. The van der Waals surface area contributed by atoms with Gasteiger partial charge < -0.3 is 10.2 Å². The Hall–Kier alpha value is -1.98. The van der Waals surface area contributed by atoms with E-state index in [1.54, 1.807) is 0 Å². The first kappa shape index (κ1) is 19.3. The molecule has 1 amide bonds. The summed E-state index contributed by atoms with van der Waals surface area (Å²) in [4.78, 5) is 27.6. The summed E-state index contributed by atoms with van der Waals surface area (Å²) in [6.45, 7) is 12.3. The second-order valence-electron chi connectivity index (χ2n) is 6.36. The molecule has 2 N–H and O–H groups in total. The van der Waals surface area contributed by atoms with Crippen molar-refractivity contribution in [1.82, 2.24) is 0 Å². The number of hydrogen-bond acceptors (Lipinski definition) is 3. The second-order valence-corrected chi connectivity index (χ2v) is 7.59. The molecule has 2 aromatic rings. The number of rotatable bonds is 7. The number of amides is 1. The molecule has 0 saturated carbocycles. The van der Waals surface area contributed by atoms with E-state index < -0.39 is 0 Å². The number of carbonyl (C=O) groups is 2. The number of aryl methyl sites for hydroxylation is 2. The van der Waals surface area contributed by atoms with Crippen LogP contribution >= 0.6 is 11.3 Å². The maximum atomic E-state index is 13.0. The molecule has 134 valence electrons. The van der Waals surface area contributed by atoms with Crippen molar-refractivity contribution < 1.29 is 14.5 Å². The molecule has 0 atom stereocenters. The van der Waals surface area contributed by atoms with Crippen molar-refractivity contribution in [2.45, 2.75) is 34.6 Å². The Morgan fingerprint density at radius 1 is 1.04 bits per heavy atom. The standard InChI is InChI=1S/C20H26N2O2S/c1-6-22(7-2)12-17(23)21-20-18(14(4)15(5)25-20)19(24)16-10-8-13(3)9-11-16/h8-11H,6-7,12H2,1-5H3,(H,21,23)/p+1. The van der Waals surface area contributed by atoms with Crippen LogP contribution in [0.3, 0.4) is 0 Å². The van der Waals surface area contributed by atoms with Crippen LogP contribution in [0.5, 0.6) is 0 Å². The van der Waals surface area contributed by atoms with E-state index in [4.69, 9.17) is 0 Å². The van der Waals surface area contributed by atoms with Crippen LogP contribution in [0.15, 0.2) is 24.3 Å². The van der Waals surface area contributed by atoms with Gasteiger partial charge in [-0.05, 0) is 40.2 Å². The number of hydrogen-bond donors (Lipinski definition) is 2. The maximum absolute atomic E-state index is 13.0. The molecule has 0 radical (unpaired) electrons. The molecule has 25 heavy (non-hydrogen) atoms. The SMILES string of the molecule is CC[NH+](CC)CC(=O)Nc1sc(C)c(C)c1C(=O)c1ccc(C)cc1. The molecular weight excluding hydrogens is 332 g/mol. The molecule has 0 aliphatic carbocycles. The maximum Gasteiger partial charge on any atom is 0.280 e. The van der Waals surface area contributed by atoms with Gasteiger partial charge in [-0.1, -0.05) is 29.8 Å². The van der Waals surface area contributed by atoms with E-state index >= 15 is 0 Å². The fourth-order valence-corrected chi connectivity index (χ4v) is 3.81. The van der Waals surface area contributed by atoms with Gasteiger partial charge in [0.1, 0.15) is 5.00 Å². The molecule has 1 aromatic carbocycles. The van der Waals surface area contributed by atoms with Crippen molar-refractivity contribution in [2.24, 2.45) is 0 Å². The minimum Gasteiger partial charge on any atom is -0.328 e. The first-order valence-corrected chi connectivity index (χ1v) is 9.53. The Bertz CT molecular complexity index is 759. The normalized spacial score (nSPS) is 11.0. The minimum atomic E-state index is -0.0436. The summed E-state index contributed by atoms with van der Waals surface area (Å²) >= 11 is 1.48. The minimum absolute atomic E-state index is 0.0349. The average Bonchev–Trinajstić information content (AvgIpc) is 2.86. The number of ketones is 1. The van der Waals surface area contributed by atoms with Gasteiger partial charge in [-0.3, -0.25) is 9.59 Å². The first-order chi connectivity index (χ1) is 11.9. The van der Waals surface area contributed by atoms with E-state index in [1.807, 2.05) is 45.0 Å². The van der Waals surface area contributed by atoms with Crippen molar-refractivity contribution in [1.29, 1.82) is 0 Å². The highest BCUT2D eigenvalue weighted by Crippen LogP contribution is 2.34. The first-order valence-electron chi connectivity index (χ1n) is 8.72. The Morgan fingerprint density at radius 2 is 1.64 bits per heavy atom. The van der Waals surface area contributed by atoms with E-state index in [-0.39, 0.29) is 11.7 Å². The second kappa shape index (κ2) is 8.41. The molecule has 1 heterocycles. The van der Waals surface area contributed by atoms with Gasteiger partial charge in [-0.2, -0.15) is 0 Å². The van der Waals surface area contributed by atoms with Crippen LogP contribution in [0.2, 0.25) is 0 Å². The summed E-state index contributed by atoms with van der Waals surface area (Å²) in [5.41, 5.74) is 3.33. The van der Waals surface area contributed by atoms with Gasteiger partial charge in [0.15, 0.2) is 12.3 Å². The van der Waals surface area contributed by atoms with Crippen LogP contribution in [-0.2, 0) is 4.79 Å². The third kappa shape index (κ3) is 4.55. The topological polar surface area (TPSA) is 50.6 Å². The molecule has 0 fully saturated rings. The van der Waals surface area contributed by atoms with Gasteiger partial charge in [-0.25, -0.2) is 0 Å². The molecule has 0 aliphatic heterocycles. The summed E-state index contributed by atoms with van der Waals surface area (Å²) in [6.07, 6.45) is 0. The van der Waals surface area contributed by atoms with E-state index in [9.17, 15) is 9.59 Å². The lowest BCUT2D eigenvalue weighted by Crippen LogP contribution is -3.12. The number of thiophene rings is 1. The third-order valence-electron chi connectivity index (χ3n) is 4.59. The summed E-state index contributed by atoms with van der Waals surface area (Å²) in [5.74, 6) is -0.0785. The molecule has 0 spiro atoms. The summed E-state index contributed by atoms with van der Waals surface area (Å²) in [7, 11) is 0. The highest BCUT2D eigenvalue weighted by molar-refractivity contribution is 7.16. The predicted molar refractivity (Wildman–Crippen MR) is 104 cm³/mol. The smallest absolute Gasteiger partial charge is 0.280 e. The van der Waals surface area contributed by atoms with Crippen molar-refractivity contribution in [3.63, 3.8) is 0 Å². The fourth-order valence-electron chi connectivity index (χ4n) is 2.74. The van der Waals surface area contributed by atoms with Crippen molar-refractivity contribution >= 4 is 28.0 Å². The summed E-state index contributed by atoms with van der Waals surface area (Å²) < 4.78 is 0. The number of carbonyl (C=O) groups excluding carboxylic acids is 2. The molecule has 2 rings (SSSR count). The molecule has 0 aliphatic rings. The van der Waals surface area contributed by atoms with Gasteiger partial charge >= 0.3 is 0 Å². The average molecular weight is 360 g/mol. The quantitative estimate of drug-likeness (QED) is 0.747. The van der Waals surface area contributed by atoms with Crippen molar-refractivity contribution in [3.8, 4) is 0 Å². The lowest BCUT2D eigenvalue weighted by molar-refractivity contribution is -0.888. The molecule has 5 heteroatoms. The van der Waals surface area contributed by atoms with Crippen LogP contribution < -0.4 is 10.2 Å². The van der Waals surface area contributed by atoms with Gasteiger partial charge in [0.25, 0.3) is 5.91 Å². The van der Waals surface area contributed by atoms with Crippen LogP contribution in [0.1, 0.15) is 45.8 Å². The van der Waals surface area contributed by atoms with Gasteiger partial charge in [-0.15, -0.1) is 11.3 Å². The Labute approximate surface area is 153 Å². The highest BCUT2D eigenvalue weighted by Gasteiger charge is 2.23. The number of quaternary nitrogens is 1. The predicted octanol–water partition coefficient (Wildman–Crippen LogP) is 2.77. The summed E-state index contributed by atoms with van der Waals surface area (Å²) in [5, 5.41) is 3.64. The van der Waals surface area contributed by atoms with Crippen LogP contribution in [0.25, 0.3) is 0 Å². The highest BCUT2D eigenvalue weighted by atomic mass is 32.1. The molecule has 0 saturated heterocycles. The van der Waals surface area contributed by atoms with Crippen LogP contribution in [0, 0.1) is 20.8 Å². The van der Waals surface area contributed by atoms with Gasteiger partial charge in [0, 0.05) is 10.4 Å². The summed E-state index contributed by atoms with van der Waals surface area (Å²) in [6, 6.07) is 7.55. The van der Waals surface area contributed by atoms with Crippen molar-refractivity contribution in [3.05, 3.63) is 51.4 Å². The van der Waals surface area contributed by atoms with E-state index in [0.717, 1.165) is 29.1 Å². The molecule has 0 bridgehead atoms.